The molecule has 3 aliphatic rings. The number of hydrogen-bond donors (Lipinski definition) is 0. The van der Waals surface area contributed by atoms with Crippen molar-refractivity contribution in [3.63, 3.8) is 0 Å². The van der Waals surface area contributed by atoms with E-state index >= 15 is 4.39 Å². The van der Waals surface area contributed by atoms with Crippen molar-refractivity contribution in [1.29, 1.82) is 0 Å². The summed E-state index contributed by atoms with van der Waals surface area (Å²) in [7, 11) is 1.84. The predicted octanol–water partition coefficient (Wildman–Crippen LogP) is 6.75. The number of halogens is 4. The standard InChI is InChI=1S/C39H38ClF3N8O2/c1-22-14-27(46-23(2)45-22)9-11-31(52)50-18-24(19-50)17-49(3)37-29-16-44-35(28-7-4-6-25-8-10-30(42)33(40)32(25)28)34(43)36(29)47-38(48-37)53-21-39-12-5-13-51(39)20-26(41)15-39/h4,6-11,14,16,24,26H,5,12-13,15,17-21H2,1-3H3/t26-,39+/m1/s1. The monoisotopic (exact) mass is 742 g/mol. The van der Waals surface area contributed by atoms with E-state index in [9.17, 15) is 13.6 Å². The van der Waals surface area contributed by atoms with Crippen molar-refractivity contribution in [3.8, 4) is 17.3 Å². The second-order valence-corrected chi connectivity index (χ2v) is 14.8. The average molecular weight is 743 g/mol. The van der Waals surface area contributed by atoms with Crippen LogP contribution in [0.5, 0.6) is 6.01 Å². The molecule has 53 heavy (non-hydrogen) atoms. The van der Waals surface area contributed by atoms with Crippen molar-refractivity contribution in [2.75, 3.05) is 51.3 Å². The molecule has 0 radical (unpaired) electrons. The van der Waals surface area contributed by atoms with Gasteiger partial charge in [-0.15, -0.1) is 0 Å². The lowest BCUT2D eigenvalue weighted by atomic mass is 9.95. The molecule has 0 aliphatic carbocycles. The number of hydrogen-bond acceptors (Lipinski definition) is 9. The fourth-order valence-corrected chi connectivity index (χ4v) is 8.43. The first kappa shape index (κ1) is 35.2. The number of amides is 1. The maximum absolute atomic E-state index is 16.8. The second kappa shape index (κ2) is 13.8. The van der Waals surface area contributed by atoms with E-state index < -0.39 is 23.3 Å². The lowest BCUT2D eigenvalue weighted by Crippen LogP contribution is -2.53. The summed E-state index contributed by atoms with van der Waals surface area (Å²) in [6, 6.07) is 9.79. The van der Waals surface area contributed by atoms with Crippen LogP contribution >= 0.6 is 11.6 Å². The Morgan fingerprint density at radius 2 is 1.94 bits per heavy atom. The Morgan fingerprint density at radius 3 is 2.75 bits per heavy atom. The predicted molar refractivity (Wildman–Crippen MR) is 198 cm³/mol. The largest absolute Gasteiger partial charge is 0.461 e. The van der Waals surface area contributed by atoms with Crippen LogP contribution in [0.15, 0.2) is 48.7 Å². The Morgan fingerprint density at radius 1 is 1.11 bits per heavy atom. The molecule has 5 aromatic rings. The third-order valence-corrected chi connectivity index (χ3v) is 11.0. The van der Waals surface area contributed by atoms with Gasteiger partial charge in [0.1, 0.15) is 41.4 Å². The molecule has 14 heteroatoms. The summed E-state index contributed by atoms with van der Waals surface area (Å²) in [5, 5.41) is 1.20. The molecule has 3 aromatic heterocycles. The fourth-order valence-electron chi connectivity index (χ4n) is 8.15. The molecular formula is C39H38ClF3N8O2. The molecule has 6 heterocycles. The summed E-state index contributed by atoms with van der Waals surface area (Å²) in [5.41, 5.74) is 1.30. The first-order valence-electron chi connectivity index (χ1n) is 17.7. The van der Waals surface area contributed by atoms with Crippen molar-refractivity contribution in [3.05, 3.63) is 82.5 Å². The van der Waals surface area contributed by atoms with Crippen molar-refractivity contribution in [1.82, 2.24) is 34.7 Å². The molecule has 3 aliphatic heterocycles. The molecule has 0 spiro atoms. The number of nitrogens with zero attached hydrogens (tertiary/aromatic N) is 8. The fraction of sp³-hybridized carbons (Fsp3) is 0.385. The van der Waals surface area contributed by atoms with Crippen molar-refractivity contribution >= 4 is 51.1 Å². The van der Waals surface area contributed by atoms with Crippen LogP contribution in [0.1, 0.15) is 36.5 Å². The number of pyridine rings is 1. The topological polar surface area (TPSA) is 100 Å². The molecule has 2 atom stereocenters. The SMILES string of the molecule is Cc1cc(C=CC(=O)N2CC(CN(C)c3nc(OC[C@@]45CCCN4C[C@H](F)C5)nc4c(F)c(-c5cccc6ccc(F)c(Cl)c56)ncc34)C2)nc(C)n1. The first-order valence-corrected chi connectivity index (χ1v) is 18.1. The van der Waals surface area contributed by atoms with E-state index in [1.807, 2.05) is 31.9 Å². The van der Waals surface area contributed by atoms with Crippen LogP contribution in [-0.2, 0) is 4.79 Å². The maximum atomic E-state index is 16.8. The first-order chi connectivity index (χ1) is 25.5. The molecule has 3 fully saturated rings. The van der Waals surface area contributed by atoms with Crippen LogP contribution in [0.25, 0.3) is 39.0 Å². The van der Waals surface area contributed by atoms with Gasteiger partial charge in [0.2, 0.25) is 5.91 Å². The summed E-state index contributed by atoms with van der Waals surface area (Å²) in [6.45, 7) is 6.58. The van der Waals surface area contributed by atoms with E-state index in [4.69, 9.17) is 21.3 Å². The van der Waals surface area contributed by atoms with Crippen LogP contribution in [-0.4, -0.2) is 98.7 Å². The molecule has 2 aromatic carbocycles. The Kier molecular flexibility index (Phi) is 9.18. The van der Waals surface area contributed by atoms with Gasteiger partial charge in [-0.2, -0.15) is 9.97 Å². The number of alkyl halides is 1. The van der Waals surface area contributed by atoms with E-state index in [0.717, 1.165) is 25.1 Å². The minimum absolute atomic E-state index is 0.0207. The van der Waals surface area contributed by atoms with Crippen LogP contribution < -0.4 is 9.64 Å². The zero-order valence-electron chi connectivity index (χ0n) is 29.6. The summed E-state index contributed by atoms with van der Waals surface area (Å²) in [4.78, 5) is 41.1. The van der Waals surface area contributed by atoms with E-state index in [2.05, 4.69) is 24.8 Å². The lowest BCUT2D eigenvalue weighted by molar-refractivity contribution is -0.131. The Hall–Kier alpha value is -4.88. The third-order valence-electron chi connectivity index (χ3n) is 10.6. The number of ether oxygens (including phenoxy) is 1. The third kappa shape index (κ3) is 6.65. The zero-order chi connectivity index (χ0) is 37.0. The summed E-state index contributed by atoms with van der Waals surface area (Å²) in [5.74, 6) is -0.312. The molecule has 274 valence electrons. The highest BCUT2D eigenvalue weighted by Gasteiger charge is 2.49. The number of aromatic nitrogens is 5. The van der Waals surface area contributed by atoms with Gasteiger partial charge in [-0.3, -0.25) is 14.7 Å². The molecule has 1 amide bonds. The Labute approximate surface area is 309 Å². The van der Waals surface area contributed by atoms with E-state index in [1.165, 1.54) is 18.3 Å². The molecule has 3 saturated heterocycles. The summed E-state index contributed by atoms with van der Waals surface area (Å²) in [6.07, 6.45) is 5.88. The number of likely N-dealkylation sites (tertiary alicyclic amines) is 1. The van der Waals surface area contributed by atoms with Crippen molar-refractivity contribution in [2.45, 2.75) is 44.8 Å². The molecular weight excluding hydrogens is 705 g/mol. The van der Waals surface area contributed by atoms with E-state index in [-0.39, 0.29) is 40.7 Å². The summed E-state index contributed by atoms with van der Waals surface area (Å²) < 4.78 is 52.2. The van der Waals surface area contributed by atoms with Gasteiger partial charge in [-0.05, 0) is 56.8 Å². The van der Waals surface area contributed by atoms with Gasteiger partial charge in [0, 0.05) is 74.5 Å². The summed E-state index contributed by atoms with van der Waals surface area (Å²) >= 11 is 6.41. The number of carbonyl (C=O) groups is 1. The van der Waals surface area contributed by atoms with Gasteiger partial charge < -0.3 is 14.5 Å². The maximum Gasteiger partial charge on any atom is 0.319 e. The molecule has 10 nitrogen and oxygen atoms in total. The molecule has 0 unspecified atom stereocenters. The van der Waals surface area contributed by atoms with Crippen molar-refractivity contribution < 1.29 is 22.7 Å². The minimum Gasteiger partial charge on any atom is -0.461 e. The molecule has 0 N–H and O–H groups in total. The van der Waals surface area contributed by atoms with Crippen molar-refractivity contribution in [2.24, 2.45) is 5.92 Å². The Balaban J connectivity index is 1.08. The van der Waals surface area contributed by atoms with Crippen LogP contribution in [0.4, 0.5) is 19.0 Å². The van der Waals surface area contributed by atoms with Gasteiger partial charge in [-0.25, -0.2) is 23.1 Å². The number of rotatable bonds is 9. The Bertz CT molecular complexity index is 2270. The average Bonchev–Trinajstić information content (AvgIpc) is 3.64. The number of benzene rings is 2. The van der Waals surface area contributed by atoms with Gasteiger partial charge >= 0.3 is 6.01 Å². The van der Waals surface area contributed by atoms with E-state index in [0.29, 0.717) is 71.7 Å². The number of anilines is 1. The zero-order valence-corrected chi connectivity index (χ0v) is 30.4. The van der Waals surface area contributed by atoms with Gasteiger partial charge in [-0.1, -0.05) is 35.9 Å². The normalized spacial score (nSPS) is 20.4. The highest BCUT2D eigenvalue weighted by atomic mass is 35.5. The van der Waals surface area contributed by atoms with Crippen LogP contribution in [0, 0.1) is 31.4 Å². The number of fused-ring (bicyclic) bond motifs is 3. The van der Waals surface area contributed by atoms with E-state index in [1.54, 1.807) is 35.2 Å². The molecule has 0 saturated carbocycles. The quantitative estimate of drug-likeness (QED) is 0.152. The lowest BCUT2D eigenvalue weighted by Gasteiger charge is -2.40. The van der Waals surface area contributed by atoms with Gasteiger partial charge in [0.25, 0.3) is 0 Å². The van der Waals surface area contributed by atoms with Crippen LogP contribution in [0.2, 0.25) is 5.02 Å². The van der Waals surface area contributed by atoms with Gasteiger partial charge in [0.05, 0.1) is 21.6 Å². The van der Waals surface area contributed by atoms with Crippen LogP contribution in [0.3, 0.4) is 0 Å². The molecule has 8 rings (SSSR count). The number of aryl methyl sites for hydroxylation is 2. The van der Waals surface area contributed by atoms with Gasteiger partial charge in [0.15, 0.2) is 5.82 Å². The highest BCUT2D eigenvalue weighted by molar-refractivity contribution is 6.36. The highest BCUT2D eigenvalue weighted by Crippen LogP contribution is 2.41. The minimum atomic E-state index is -0.938. The smallest absolute Gasteiger partial charge is 0.319 e. The molecule has 0 bridgehead atoms. The number of carbonyl (C=O) groups excluding carboxylic acids is 1. The second-order valence-electron chi connectivity index (χ2n) is 14.4.